The van der Waals surface area contributed by atoms with Gasteiger partial charge in [0.1, 0.15) is 5.70 Å². The van der Waals surface area contributed by atoms with Gasteiger partial charge in [-0.3, -0.25) is 4.99 Å². The van der Waals surface area contributed by atoms with Gasteiger partial charge < -0.3 is 10.2 Å². The van der Waals surface area contributed by atoms with E-state index >= 15 is 0 Å². The van der Waals surface area contributed by atoms with Gasteiger partial charge in [-0.1, -0.05) is 0 Å². The molecule has 1 aromatic rings. The van der Waals surface area contributed by atoms with Gasteiger partial charge in [0.25, 0.3) is 0 Å². The Balaban J connectivity index is 2.30. The summed E-state index contributed by atoms with van der Waals surface area (Å²) in [6, 6.07) is 3.26. The molecular formula is C12H6N2O4. The molecule has 0 amide bonds. The standard InChI is InChI=1S/C12H6N2O4/c15-11(16)6-4-13-8-2-1-7-5(10(6)8)3-9(14-7)12(17)18/h1-4H,(H,15,16)(H,17,18). The maximum Gasteiger partial charge on any atom is 0.354 e. The van der Waals surface area contributed by atoms with Gasteiger partial charge >= 0.3 is 11.9 Å². The smallest absolute Gasteiger partial charge is 0.354 e. The molecule has 2 aliphatic rings. The third kappa shape index (κ3) is 1.29. The van der Waals surface area contributed by atoms with Crippen LogP contribution in [-0.4, -0.2) is 22.2 Å². The Kier molecular flexibility index (Phi) is 1.94. The average Bonchev–Trinajstić information content (AvgIpc) is 2.91. The second-order valence-corrected chi connectivity index (χ2v) is 3.82. The highest BCUT2D eigenvalue weighted by molar-refractivity contribution is 6.17. The van der Waals surface area contributed by atoms with E-state index in [1.165, 1.54) is 12.3 Å². The lowest BCUT2D eigenvalue weighted by Gasteiger charge is -2.00. The normalized spacial score (nSPS) is 14.9. The number of benzene rings is 1. The van der Waals surface area contributed by atoms with E-state index in [4.69, 9.17) is 10.2 Å². The Hall–Kier alpha value is -2.76. The van der Waals surface area contributed by atoms with E-state index in [1.807, 2.05) is 0 Å². The van der Waals surface area contributed by atoms with E-state index in [9.17, 15) is 9.59 Å². The van der Waals surface area contributed by atoms with Crippen LogP contribution in [0.2, 0.25) is 0 Å². The molecule has 6 nitrogen and oxygen atoms in total. The Bertz CT molecular complexity index is 787. The van der Waals surface area contributed by atoms with Crippen molar-refractivity contribution in [2.75, 3.05) is 0 Å². The van der Waals surface area contributed by atoms with Crippen LogP contribution >= 0.6 is 0 Å². The quantitative estimate of drug-likeness (QED) is 0.750. The molecule has 6 heteroatoms. The summed E-state index contributed by atoms with van der Waals surface area (Å²) in [5.41, 5.74) is 0.884. The minimum atomic E-state index is -1.14. The zero-order chi connectivity index (χ0) is 12.9. The molecule has 0 fully saturated rings. The highest BCUT2D eigenvalue weighted by atomic mass is 16.4. The largest absolute Gasteiger partial charge is 0.478 e. The zero-order valence-electron chi connectivity index (χ0n) is 8.91. The minimum absolute atomic E-state index is 0.0555. The lowest BCUT2D eigenvalue weighted by molar-refractivity contribution is -0.132. The van der Waals surface area contributed by atoms with Crippen LogP contribution < -0.4 is 10.7 Å². The Labute approximate surface area is 99.9 Å². The molecule has 3 rings (SSSR count). The number of aliphatic carboxylic acids is 2. The van der Waals surface area contributed by atoms with Crippen LogP contribution in [0.4, 0.5) is 0 Å². The second kappa shape index (κ2) is 3.36. The van der Waals surface area contributed by atoms with E-state index in [2.05, 4.69) is 9.98 Å². The monoisotopic (exact) mass is 242 g/mol. The number of carboxylic acids is 2. The molecule has 0 aliphatic carbocycles. The molecule has 2 heterocycles. The van der Waals surface area contributed by atoms with Gasteiger partial charge in [0.05, 0.1) is 16.3 Å². The molecule has 0 atom stereocenters. The van der Waals surface area contributed by atoms with Crippen LogP contribution in [0.15, 0.2) is 34.0 Å². The molecule has 0 saturated carbocycles. The summed E-state index contributed by atoms with van der Waals surface area (Å²) in [6.07, 6.45) is 2.63. The van der Waals surface area contributed by atoms with Crippen molar-refractivity contribution in [3.63, 3.8) is 0 Å². The number of rotatable bonds is 2. The number of carbonyl (C=O) groups is 2. The molecule has 0 saturated heterocycles. The fraction of sp³-hybridized carbons (Fsp3) is 0. The van der Waals surface area contributed by atoms with Crippen LogP contribution in [0.1, 0.15) is 11.1 Å². The third-order valence-corrected chi connectivity index (χ3v) is 2.77. The summed E-state index contributed by atoms with van der Waals surface area (Å²) in [5.74, 6) is -2.24. The zero-order valence-corrected chi connectivity index (χ0v) is 8.91. The summed E-state index contributed by atoms with van der Waals surface area (Å²) >= 11 is 0. The molecule has 0 aromatic heterocycles. The Morgan fingerprint density at radius 1 is 1.06 bits per heavy atom. The molecule has 1 aromatic carbocycles. The third-order valence-electron chi connectivity index (χ3n) is 2.77. The topological polar surface area (TPSA) is 99.3 Å². The number of nitrogens with zero attached hydrogens (tertiary/aromatic N) is 2. The van der Waals surface area contributed by atoms with Crippen LogP contribution in [0.5, 0.6) is 0 Å². The Morgan fingerprint density at radius 3 is 2.44 bits per heavy atom. The van der Waals surface area contributed by atoms with Crippen molar-refractivity contribution in [3.8, 4) is 0 Å². The average molecular weight is 242 g/mol. The van der Waals surface area contributed by atoms with Gasteiger partial charge in [-0.2, -0.15) is 0 Å². The maximum absolute atomic E-state index is 11.1. The molecule has 18 heavy (non-hydrogen) atoms. The minimum Gasteiger partial charge on any atom is -0.478 e. The number of hydrogen-bond acceptors (Lipinski definition) is 4. The predicted octanol–water partition coefficient (Wildman–Crippen LogP) is -0.196. The van der Waals surface area contributed by atoms with E-state index in [-0.39, 0.29) is 11.3 Å². The van der Waals surface area contributed by atoms with Crippen molar-refractivity contribution in [1.29, 1.82) is 0 Å². The molecule has 2 N–H and O–H groups in total. The van der Waals surface area contributed by atoms with Crippen molar-refractivity contribution >= 4 is 23.6 Å². The van der Waals surface area contributed by atoms with Gasteiger partial charge in [-0.25, -0.2) is 14.6 Å². The molecule has 0 spiro atoms. The van der Waals surface area contributed by atoms with Crippen LogP contribution in [0.25, 0.3) is 11.6 Å². The van der Waals surface area contributed by atoms with Crippen LogP contribution in [-0.2, 0) is 9.59 Å². The van der Waals surface area contributed by atoms with Crippen molar-refractivity contribution in [3.05, 3.63) is 45.9 Å². The van der Waals surface area contributed by atoms with Crippen LogP contribution in [0, 0.1) is 0 Å². The van der Waals surface area contributed by atoms with Crippen molar-refractivity contribution < 1.29 is 19.8 Å². The first-order valence-corrected chi connectivity index (χ1v) is 5.06. The van der Waals surface area contributed by atoms with Crippen LogP contribution in [0.3, 0.4) is 0 Å². The molecular weight excluding hydrogens is 236 g/mol. The van der Waals surface area contributed by atoms with E-state index in [0.29, 0.717) is 21.8 Å². The fourth-order valence-corrected chi connectivity index (χ4v) is 2.00. The molecule has 0 unspecified atom stereocenters. The molecule has 2 aliphatic heterocycles. The SMILES string of the molecule is O=C(O)C1=Cc2c3c(ccc2=N1)=NC=C3C(=O)O. The highest BCUT2D eigenvalue weighted by Gasteiger charge is 2.24. The van der Waals surface area contributed by atoms with Gasteiger partial charge in [0, 0.05) is 17.3 Å². The molecule has 0 radical (unpaired) electrons. The summed E-state index contributed by atoms with van der Waals surface area (Å²) < 4.78 is 0. The van der Waals surface area contributed by atoms with Gasteiger partial charge in [0.2, 0.25) is 0 Å². The predicted molar refractivity (Wildman–Crippen MR) is 60.0 cm³/mol. The van der Waals surface area contributed by atoms with E-state index in [1.54, 1.807) is 12.1 Å². The lowest BCUT2D eigenvalue weighted by atomic mass is 10.0. The Morgan fingerprint density at radius 2 is 1.78 bits per heavy atom. The highest BCUT2D eigenvalue weighted by Crippen LogP contribution is 2.22. The van der Waals surface area contributed by atoms with Gasteiger partial charge in [-0.05, 0) is 18.2 Å². The number of carboxylic acid groups (broad SMARTS) is 2. The first kappa shape index (κ1) is 10.4. The fourth-order valence-electron chi connectivity index (χ4n) is 2.00. The van der Waals surface area contributed by atoms with Gasteiger partial charge in [-0.15, -0.1) is 0 Å². The first-order chi connectivity index (χ1) is 8.58. The summed E-state index contributed by atoms with van der Waals surface area (Å²) in [5, 5.41) is 18.9. The first-order valence-electron chi connectivity index (χ1n) is 5.06. The van der Waals surface area contributed by atoms with Gasteiger partial charge in [0.15, 0.2) is 0 Å². The second-order valence-electron chi connectivity index (χ2n) is 3.82. The molecule has 0 bridgehead atoms. The van der Waals surface area contributed by atoms with Crippen molar-refractivity contribution in [1.82, 2.24) is 0 Å². The summed E-state index contributed by atoms with van der Waals surface area (Å²) in [4.78, 5) is 29.9. The summed E-state index contributed by atoms with van der Waals surface area (Å²) in [6.45, 7) is 0. The molecule has 88 valence electrons. The summed E-state index contributed by atoms with van der Waals surface area (Å²) in [7, 11) is 0. The number of hydrogen-bond donors (Lipinski definition) is 2. The number of fused-ring (bicyclic) bond motifs is 3. The van der Waals surface area contributed by atoms with E-state index in [0.717, 1.165) is 0 Å². The van der Waals surface area contributed by atoms with Crippen molar-refractivity contribution in [2.45, 2.75) is 0 Å². The maximum atomic E-state index is 11.1. The lowest BCUT2D eigenvalue weighted by Crippen LogP contribution is -2.17. The van der Waals surface area contributed by atoms with E-state index < -0.39 is 11.9 Å². The van der Waals surface area contributed by atoms with Crippen molar-refractivity contribution in [2.24, 2.45) is 9.98 Å².